The molecule has 0 saturated carbocycles. The molecule has 0 aliphatic carbocycles. The van der Waals surface area contributed by atoms with E-state index in [0.29, 0.717) is 11.6 Å². The summed E-state index contributed by atoms with van der Waals surface area (Å²) in [5.41, 5.74) is 0.533. The molecule has 1 heterocycles. The minimum absolute atomic E-state index is 0.406. The number of halogens is 4. The SMILES string of the molecule is CC(Nc1nc(F)c(F)cc1F)c1cccc(F)c1. The average Bonchev–Trinajstić information content (AvgIpc) is 2.36. The maximum Gasteiger partial charge on any atom is 0.251 e. The Morgan fingerprint density at radius 1 is 1.05 bits per heavy atom. The quantitative estimate of drug-likeness (QED) is 0.677. The molecule has 0 bridgehead atoms. The molecule has 0 saturated heterocycles. The number of nitrogens with zero attached hydrogens (tertiary/aromatic N) is 1. The third kappa shape index (κ3) is 3.01. The Kier molecular flexibility index (Phi) is 3.69. The highest BCUT2D eigenvalue weighted by molar-refractivity contribution is 5.39. The minimum Gasteiger partial charge on any atom is -0.361 e. The Bertz CT molecular complexity index is 601. The van der Waals surface area contributed by atoms with Crippen LogP contribution in [0.3, 0.4) is 0 Å². The van der Waals surface area contributed by atoms with E-state index in [1.807, 2.05) is 0 Å². The topological polar surface area (TPSA) is 24.9 Å². The zero-order chi connectivity index (χ0) is 14.0. The molecule has 0 fully saturated rings. The Morgan fingerprint density at radius 3 is 2.47 bits per heavy atom. The van der Waals surface area contributed by atoms with Gasteiger partial charge >= 0.3 is 0 Å². The van der Waals surface area contributed by atoms with E-state index in [1.54, 1.807) is 13.0 Å². The van der Waals surface area contributed by atoms with Gasteiger partial charge < -0.3 is 5.32 Å². The maximum absolute atomic E-state index is 13.4. The van der Waals surface area contributed by atoms with Crippen LogP contribution >= 0.6 is 0 Å². The zero-order valence-corrected chi connectivity index (χ0v) is 9.92. The molecule has 1 aromatic carbocycles. The molecule has 1 N–H and O–H groups in total. The van der Waals surface area contributed by atoms with E-state index in [1.165, 1.54) is 18.2 Å². The van der Waals surface area contributed by atoms with Gasteiger partial charge in [0.2, 0.25) is 0 Å². The van der Waals surface area contributed by atoms with Crippen LogP contribution in [0.2, 0.25) is 0 Å². The first kappa shape index (κ1) is 13.3. The number of hydrogen-bond acceptors (Lipinski definition) is 2. The number of aromatic nitrogens is 1. The smallest absolute Gasteiger partial charge is 0.251 e. The number of benzene rings is 1. The van der Waals surface area contributed by atoms with Crippen molar-refractivity contribution in [2.24, 2.45) is 0 Å². The van der Waals surface area contributed by atoms with Crippen LogP contribution < -0.4 is 5.32 Å². The van der Waals surface area contributed by atoms with Crippen molar-refractivity contribution in [3.8, 4) is 0 Å². The lowest BCUT2D eigenvalue weighted by Gasteiger charge is -2.15. The summed E-state index contributed by atoms with van der Waals surface area (Å²) in [6.07, 6.45) is 0. The molecule has 1 aromatic heterocycles. The fraction of sp³-hybridized carbons (Fsp3) is 0.154. The summed E-state index contributed by atoms with van der Waals surface area (Å²) >= 11 is 0. The summed E-state index contributed by atoms with van der Waals surface area (Å²) < 4.78 is 52.1. The second kappa shape index (κ2) is 5.26. The van der Waals surface area contributed by atoms with Gasteiger partial charge in [-0.15, -0.1) is 0 Å². The molecule has 6 heteroatoms. The number of nitrogens with one attached hydrogen (secondary N) is 1. The van der Waals surface area contributed by atoms with Crippen LogP contribution in [-0.2, 0) is 0 Å². The largest absolute Gasteiger partial charge is 0.361 e. The molecule has 100 valence electrons. The van der Waals surface area contributed by atoms with Crippen LogP contribution in [0.5, 0.6) is 0 Å². The lowest BCUT2D eigenvalue weighted by Crippen LogP contribution is -2.11. The van der Waals surface area contributed by atoms with Gasteiger partial charge in [-0.1, -0.05) is 12.1 Å². The summed E-state index contributed by atoms with van der Waals surface area (Å²) in [6.45, 7) is 1.62. The van der Waals surface area contributed by atoms with Crippen LogP contribution in [0.1, 0.15) is 18.5 Å². The number of pyridine rings is 1. The lowest BCUT2D eigenvalue weighted by atomic mass is 10.1. The van der Waals surface area contributed by atoms with E-state index in [0.717, 1.165) is 0 Å². The second-order valence-corrected chi connectivity index (χ2v) is 4.01. The van der Waals surface area contributed by atoms with Crippen LogP contribution in [0.4, 0.5) is 23.4 Å². The summed E-state index contributed by atoms with van der Waals surface area (Å²) in [7, 11) is 0. The highest BCUT2D eigenvalue weighted by atomic mass is 19.2. The number of anilines is 1. The van der Waals surface area contributed by atoms with Crippen molar-refractivity contribution in [3.63, 3.8) is 0 Å². The molecule has 2 nitrogen and oxygen atoms in total. The average molecular weight is 270 g/mol. The molecule has 19 heavy (non-hydrogen) atoms. The van der Waals surface area contributed by atoms with Crippen LogP contribution in [0.25, 0.3) is 0 Å². The molecule has 0 aliphatic rings. The van der Waals surface area contributed by atoms with Crippen LogP contribution in [0, 0.1) is 23.4 Å². The van der Waals surface area contributed by atoms with Gasteiger partial charge in [-0.2, -0.15) is 9.37 Å². The zero-order valence-electron chi connectivity index (χ0n) is 9.92. The van der Waals surface area contributed by atoms with E-state index in [-0.39, 0.29) is 0 Å². The van der Waals surface area contributed by atoms with Gasteiger partial charge in [0, 0.05) is 6.07 Å². The summed E-state index contributed by atoms with van der Waals surface area (Å²) in [4.78, 5) is 3.14. The Balaban J connectivity index is 2.24. The fourth-order valence-corrected chi connectivity index (χ4v) is 1.61. The van der Waals surface area contributed by atoms with Gasteiger partial charge in [0.25, 0.3) is 5.95 Å². The van der Waals surface area contributed by atoms with Crippen molar-refractivity contribution in [3.05, 3.63) is 59.3 Å². The Morgan fingerprint density at radius 2 is 1.79 bits per heavy atom. The monoisotopic (exact) mass is 270 g/mol. The van der Waals surface area contributed by atoms with E-state index >= 15 is 0 Å². The van der Waals surface area contributed by atoms with Gasteiger partial charge in [0.05, 0.1) is 6.04 Å². The van der Waals surface area contributed by atoms with Gasteiger partial charge in [0.15, 0.2) is 17.5 Å². The lowest BCUT2D eigenvalue weighted by molar-refractivity contribution is 0.465. The van der Waals surface area contributed by atoms with Crippen molar-refractivity contribution >= 4 is 5.82 Å². The van der Waals surface area contributed by atoms with Crippen LogP contribution in [-0.4, -0.2) is 4.98 Å². The first-order valence-electron chi connectivity index (χ1n) is 5.51. The fourth-order valence-electron chi connectivity index (χ4n) is 1.61. The highest BCUT2D eigenvalue weighted by Gasteiger charge is 2.14. The summed E-state index contributed by atoms with van der Waals surface area (Å²) in [5, 5.41) is 2.56. The van der Waals surface area contributed by atoms with Crippen molar-refractivity contribution in [1.82, 2.24) is 4.98 Å². The van der Waals surface area contributed by atoms with Crippen molar-refractivity contribution in [2.75, 3.05) is 5.32 Å². The Labute approximate surface area is 107 Å². The number of hydrogen-bond donors (Lipinski definition) is 1. The predicted octanol–water partition coefficient (Wildman–Crippen LogP) is 3.81. The van der Waals surface area contributed by atoms with Gasteiger partial charge in [0.1, 0.15) is 5.82 Å². The molecule has 2 aromatic rings. The van der Waals surface area contributed by atoms with Gasteiger partial charge in [-0.3, -0.25) is 0 Å². The third-order valence-electron chi connectivity index (χ3n) is 2.59. The van der Waals surface area contributed by atoms with Gasteiger partial charge in [-0.05, 0) is 24.6 Å². The van der Waals surface area contributed by atoms with E-state index in [2.05, 4.69) is 10.3 Å². The van der Waals surface area contributed by atoms with Crippen molar-refractivity contribution in [1.29, 1.82) is 0 Å². The Hall–Kier alpha value is -2.11. The molecule has 0 radical (unpaired) electrons. The molecule has 1 atom stereocenters. The van der Waals surface area contributed by atoms with E-state index in [9.17, 15) is 17.6 Å². The molecule has 0 spiro atoms. The normalized spacial score (nSPS) is 12.3. The third-order valence-corrected chi connectivity index (χ3v) is 2.59. The molecule has 0 aliphatic heterocycles. The van der Waals surface area contributed by atoms with E-state index in [4.69, 9.17) is 0 Å². The van der Waals surface area contributed by atoms with Crippen molar-refractivity contribution in [2.45, 2.75) is 13.0 Å². The van der Waals surface area contributed by atoms with Crippen LogP contribution in [0.15, 0.2) is 30.3 Å². The molecular weight excluding hydrogens is 260 g/mol. The molecule has 2 rings (SSSR count). The van der Waals surface area contributed by atoms with Gasteiger partial charge in [-0.25, -0.2) is 13.2 Å². The standard InChI is InChI=1S/C13H10F4N2/c1-7(8-3-2-4-9(14)5-8)18-13-11(16)6-10(15)12(17)19-13/h2-7H,1H3,(H,18,19). The molecule has 1 unspecified atom stereocenters. The minimum atomic E-state index is -1.39. The molecule has 0 amide bonds. The van der Waals surface area contributed by atoms with Crippen molar-refractivity contribution < 1.29 is 17.6 Å². The first-order chi connectivity index (χ1) is 8.97. The summed E-state index contributed by atoms with van der Waals surface area (Å²) in [6, 6.07) is 5.55. The van der Waals surface area contributed by atoms with E-state index < -0.39 is 35.3 Å². The summed E-state index contributed by atoms with van der Waals surface area (Å²) in [5.74, 6) is -4.63. The number of rotatable bonds is 3. The molecular formula is C13H10F4N2. The maximum atomic E-state index is 13.4. The second-order valence-electron chi connectivity index (χ2n) is 4.01. The highest BCUT2D eigenvalue weighted by Crippen LogP contribution is 2.21. The first-order valence-corrected chi connectivity index (χ1v) is 5.51. The predicted molar refractivity (Wildman–Crippen MR) is 62.5 cm³/mol.